The third-order valence-corrected chi connectivity index (χ3v) is 5.54. The molecule has 23 heavy (non-hydrogen) atoms. The van der Waals surface area contributed by atoms with E-state index in [4.69, 9.17) is 0 Å². The highest BCUT2D eigenvalue weighted by Gasteiger charge is 2.28. The number of carbonyl (C=O) groups excluding carboxylic acids is 1. The highest BCUT2D eigenvalue weighted by atomic mass is 16.2. The van der Waals surface area contributed by atoms with Crippen LogP contribution in [0.1, 0.15) is 66.1 Å². The molecule has 3 heteroatoms. The van der Waals surface area contributed by atoms with Crippen LogP contribution in [-0.4, -0.2) is 36.5 Å². The first-order chi connectivity index (χ1) is 11.2. The van der Waals surface area contributed by atoms with E-state index < -0.39 is 0 Å². The molecule has 0 bridgehead atoms. The monoisotopic (exact) mass is 314 g/mol. The van der Waals surface area contributed by atoms with Crippen molar-refractivity contribution in [3.05, 3.63) is 34.4 Å². The highest BCUT2D eigenvalue weighted by molar-refractivity contribution is 5.96. The molecule has 1 aliphatic heterocycles. The normalized spacial score (nSPS) is 20.3. The maximum Gasteiger partial charge on any atom is 0.254 e. The zero-order valence-corrected chi connectivity index (χ0v) is 14.7. The van der Waals surface area contributed by atoms with Gasteiger partial charge in [0.15, 0.2) is 0 Å². The van der Waals surface area contributed by atoms with Crippen LogP contribution in [0.15, 0.2) is 12.1 Å². The van der Waals surface area contributed by atoms with E-state index in [9.17, 15) is 4.79 Å². The Morgan fingerprint density at radius 3 is 2.87 bits per heavy atom. The minimum atomic E-state index is 0.248. The average molecular weight is 314 g/mol. The van der Waals surface area contributed by atoms with Crippen molar-refractivity contribution in [2.45, 2.75) is 64.8 Å². The van der Waals surface area contributed by atoms with Crippen molar-refractivity contribution in [2.75, 3.05) is 19.6 Å². The first-order valence-corrected chi connectivity index (χ1v) is 9.35. The number of nitrogens with zero attached hydrogens (tertiary/aromatic N) is 1. The second-order valence-electron chi connectivity index (χ2n) is 7.08. The molecule has 0 aromatic heterocycles. The molecular weight excluding hydrogens is 284 g/mol. The van der Waals surface area contributed by atoms with Crippen molar-refractivity contribution in [1.29, 1.82) is 0 Å². The molecule has 1 saturated heterocycles. The van der Waals surface area contributed by atoms with Crippen LogP contribution in [0.25, 0.3) is 0 Å². The SMILES string of the molecule is CCCCN(C(=O)c1ccc2c(c1C)CCCC2)[C@@H]1CCNC1. The van der Waals surface area contributed by atoms with Crippen LogP contribution in [0.5, 0.6) is 0 Å². The number of rotatable bonds is 5. The van der Waals surface area contributed by atoms with E-state index in [0.717, 1.165) is 50.9 Å². The van der Waals surface area contributed by atoms with E-state index in [2.05, 4.69) is 36.2 Å². The predicted molar refractivity (Wildman–Crippen MR) is 95.0 cm³/mol. The summed E-state index contributed by atoms with van der Waals surface area (Å²) in [4.78, 5) is 15.4. The Balaban J connectivity index is 1.87. The first-order valence-electron chi connectivity index (χ1n) is 9.35. The summed E-state index contributed by atoms with van der Waals surface area (Å²) in [6.07, 6.45) is 8.17. The number of benzene rings is 1. The van der Waals surface area contributed by atoms with Crippen molar-refractivity contribution in [3.8, 4) is 0 Å². The van der Waals surface area contributed by atoms with E-state index in [1.165, 1.54) is 36.0 Å². The van der Waals surface area contributed by atoms with Gasteiger partial charge in [0.05, 0.1) is 0 Å². The van der Waals surface area contributed by atoms with Crippen LogP contribution < -0.4 is 5.32 Å². The molecule has 1 atom stereocenters. The summed E-state index contributed by atoms with van der Waals surface area (Å²) in [5, 5.41) is 3.41. The molecule has 0 spiro atoms. The number of carbonyl (C=O) groups is 1. The van der Waals surface area contributed by atoms with E-state index in [-0.39, 0.29) is 5.91 Å². The van der Waals surface area contributed by atoms with Crippen LogP contribution in [0.4, 0.5) is 0 Å². The summed E-state index contributed by atoms with van der Waals surface area (Å²) in [6.45, 7) is 7.21. The number of hydrogen-bond acceptors (Lipinski definition) is 2. The van der Waals surface area contributed by atoms with Crippen LogP contribution in [-0.2, 0) is 12.8 Å². The fraction of sp³-hybridized carbons (Fsp3) is 0.650. The quantitative estimate of drug-likeness (QED) is 0.902. The third-order valence-electron chi connectivity index (χ3n) is 5.54. The van der Waals surface area contributed by atoms with Crippen LogP contribution in [0.3, 0.4) is 0 Å². The minimum Gasteiger partial charge on any atom is -0.334 e. The zero-order chi connectivity index (χ0) is 16.2. The molecule has 2 aliphatic rings. The Hall–Kier alpha value is -1.35. The Kier molecular flexibility index (Phi) is 5.37. The fourth-order valence-corrected chi connectivity index (χ4v) is 4.08. The van der Waals surface area contributed by atoms with Gasteiger partial charge < -0.3 is 10.2 Å². The molecule has 0 saturated carbocycles. The van der Waals surface area contributed by atoms with Crippen LogP contribution in [0, 0.1) is 6.92 Å². The lowest BCUT2D eigenvalue weighted by molar-refractivity contribution is 0.0688. The Morgan fingerprint density at radius 1 is 1.30 bits per heavy atom. The smallest absolute Gasteiger partial charge is 0.254 e. The topological polar surface area (TPSA) is 32.3 Å². The number of nitrogens with one attached hydrogen (secondary N) is 1. The average Bonchev–Trinajstić information content (AvgIpc) is 3.10. The van der Waals surface area contributed by atoms with Gasteiger partial charge in [-0.2, -0.15) is 0 Å². The fourth-order valence-electron chi connectivity index (χ4n) is 4.08. The number of hydrogen-bond donors (Lipinski definition) is 1. The van der Waals surface area contributed by atoms with Gasteiger partial charge in [0.25, 0.3) is 5.91 Å². The highest BCUT2D eigenvalue weighted by Crippen LogP contribution is 2.28. The largest absolute Gasteiger partial charge is 0.334 e. The van der Waals surface area contributed by atoms with Crippen molar-refractivity contribution < 1.29 is 4.79 Å². The Labute approximate surface area is 140 Å². The summed E-state index contributed by atoms with van der Waals surface area (Å²) in [5.74, 6) is 0.248. The minimum absolute atomic E-state index is 0.248. The molecule has 1 aliphatic carbocycles. The molecule has 126 valence electrons. The van der Waals surface area contributed by atoms with Gasteiger partial charge in [-0.3, -0.25) is 4.79 Å². The summed E-state index contributed by atoms with van der Waals surface area (Å²) >= 11 is 0. The molecule has 1 amide bonds. The molecule has 0 unspecified atom stereocenters. The molecular formula is C20H30N2O. The number of aryl methyl sites for hydroxylation is 1. The predicted octanol–water partition coefficient (Wildman–Crippen LogP) is 3.48. The van der Waals surface area contributed by atoms with Gasteiger partial charge >= 0.3 is 0 Å². The number of amides is 1. The van der Waals surface area contributed by atoms with Gasteiger partial charge in [0.1, 0.15) is 0 Å². The van der Waals surface area contributed by atoms with Gasteiger partial charge in [0.2, 0.25) is 0 Å². The van der Waals surface area contributed by atoms with Gasteiger partial charge in [-0.1, -0.05) is 19.4 Å². The van der Waals surface area contributed by atoms with E-state index in [0.29, 0.717) is 6.04 Å². The Morgan fingerprint density at radius 2 is 2.13 bits per heavy atom. The number of unbranched alkanes of at least 4 members (excludes halogenated alkanes) is 1. The second kappa shape index (κ2) is 7.48. The summed E-state index contributed by atoms with van der Waals surface area (Å²) in [6, 6.07) is 4.66. The molecule has 3 rings (SSSR count). The number of fused-ring (bicyclic) bond motifs is 1. The first kappa shape index (κ1) is 16.5. The molecule has 1 fully saturated rings. The van der Waals surface area contributed by atoms with Crippen molar-refractivity contribution in [1.82, 2.24) is 10.2 Å². The van der Waals surface area contributed by atoms with Crippen LogP contribution >= 0.6 is 0 Å². The Bertz CT molecular complexity index is 561. The van der Waals surface area contributed by atoms with Gasteiger partial charge in [0, 0.05) is 24.7 Å². The lowest BCUT2D eigenvalue weighted by Crippen LogP contribution is -2.42. The molecule has 1 heterocycles. The molecule has 0 radical (unpaired) electrons. The van der Waals surface area contributed by atoms with Crippen molar-refractivity contribution in [2.24, 2.45) is 0 Å². The standard InChI is InChI=1S/C20H30N2O/c1-3-4-13-22(17-11-12-21-14-17)20(23)19-10-9-16-7-5-6-8-18(16)15(19)2/h9-10,17,21H,3-8,11-14H2,1-2H3/t17-/m1/s1. The third kappa shape index (κ3) is 3.45. The lowest BCUT2D eigenvalue weighted by atomic mass is 9.86. The van der Waals surface area contributed by atoms with E-state index in [1.807, 2.05) is 0 Å². The van der Waals surface area contributed by atoms with E-state index >= 15 is 0 Å². The van der Waals surface area contributed by atoms with E-state index in [1.54, 1.807) is 0 Å². The summed E-state index contributed by atoms with van der Waals surface area (Å²) in [5.41, 5.74) is 5.09. The van der Waals surface area contributed by atoms with Crippen LogP contribution in [0.2, 0.25) is 0 Å². The van der Waals surface area contributed by atoms with Gasteiger partial charge in [-0.15, -0.1) is 0 Å². The molecule has 3 nitrogen and oxygen atoms in total. The second-order valence-corrected chi connectivity index (χ2v) is 7.08. The molecule has 1 aromatic rings. The summed E-state index contributed by atoms with van der Waals surface area (Å²) in [7, 11) is 0. The molecule has 1 aromatic carbocycles. The lowest BCUT2D eigenvalue weighted by Gasteiger charge is -2.30. The van der Waals surface area contributed by atoms with Gasteiger partial charge in [-0.25, -0.2) is 0 Å². The maximum absolute atomic E-state index is 13.2. The maximum atomic E-state index is 13.2. The molecule has 1 N–H and O–H groups in total. The van der Waals surface area contributed by atoms with Crippen molar-refractivity contribution in [3.63, 3.8) is 0 Å². The summed E-state index contributed by atoms with van der Waals surface area (Å²) < 4.78 is 0. The zero-order valence-electron chi connectivity index (χ0n) is 14.7. The van der Waals surface area contributed by atoms with Gasteiger partial charge in [-0.05, 0) is 74.8 Å². The van der Waals surface area contributed by atoms with Crippen molar-refractivity contribution >= 4 is 5.91 Å².